The second-order valence-electron chi connectivity index (χ2n) is 4.49. The Balaban J connectivity index is 2.45. The largest absolute Gasteiger partial charge is 0.384 e. The lowest BCUT2D eigenvalue weighted by atomic mass is 9.94. The molecule has 14 heavy (non-hydrogen) atoms. The van der Waals surface area contributed by atoms with Gasteiger partial charge in [0.05, 0.1) is 0 Å². The van der Waals surface area contributed by atoms with Crippen molar-refractivity contribution < 1.29 is 5.11 Å². The quantitative estimate of drug-likeness (QED) is 0.725. The molecule has 0 spiro atoms. The lowest BCUT2D eigenvalue weighted by molar-refractivity contribution is -0.00952. The summed E-state index contributed by atoms with van der Waals surface area (Å²) in [6.07, 6.45) is 0.941. The summed E-state index contributed by atoms with van der Waals surface area (Å²) in [6, 6.07) is 8.35. The Morgan fingerprint density at radius 3 is 2.57 bits per heavy atom. The lowest BCUT2D eigenvalue weighted by Gasteiger charge is -2.31. The van der Waals surface area contributed by atoms with Crippen molar-refractivity contribution in [1.29, 1.82) is 0 Å². The van der Waals surface area contributed by atoms with Crippen LogP contribution in [0.25, 0.3) is 0 Å². The Morgan fingerprint density at radius 1 is 1.36 bits per heavy atom. The predicted octanol–water partition coefficient (Wildman–Crippen LogP) is 1.38. The summed E-state index contributed by atoms with van der Waals surface area (Å²) in [4.78, 5) is 2.10. The molecule has 0 saturated carbocycles. The maximum absolute atomic E-state index is 10.4. The van der Waals surface area contributed by atoms with Crippen LogP contribution in [0.4, 0.5) is 0 Å². The minimum absolute atomic E-state index is 0.194. The third-order valence-corrected chi connectivity index (χ3v) is 3.25. The summed E-state index contributed by atoms with van der Waals surface area (Å²) in [7, 11) is 4.04. The van der Waals surface area contributed by atoms with E-state index in [1.54, 1.807) is 0 Å². The van der Waals surface area contributed by atoms with Crippen molar-refractivity contribution >= 4 is 0 Å². The summed E-state index contributed by atoms with van der Waals surface area (Å²) in [6.45, 7) is 1.91. The van der Waals surface area contributed by atoms with Gasteiger partial charge in [0.1, 0.15) is 5.60 Å². The standard InChI is InChI=1S/C12H17NO/c1-12(14)10-7-5-4-6-9(10)8-11(12)13(2)3/h4-7,11,14H,8H2,1-3H3. The normalized spacial score (nSPS) is 30.8. The molecule has 1 N–H and O–H groups in total. The zero-order valence-electron chi connectivity index (χ0n) is 8.99. The summed E-state index contributed by atoms with van der Waals surface area (Å²) in [5.74, 6) is 0. The zero-order valence-corrected chi connectivity index (χ0v) is 8.99. The fourth-order valence-corrected chi connectivity index (χ4v) is 2.46. The van der Waals surface area contributed by atoms with Gasteiger partial charge in [-0.15, -0.1) is 0 Å². The third kappa shape index (κ3) is 1.26. The first kappa shape index (κ1) is 9.69. The van der Waals surface area contributed by atoms with E-state index < -0.39 is 5.60 Å². The molecular weight excluding hydrogens is 174 g/mol. The monoisotopic (exact) mass is 191 g/mol. The number of hydrogen-bond donors (Lipinski definition) is 1. The van der Waals surface area contributed by atoms with Crippen LogP contribution in [0.5, 0.6) is 0 Å². The molecule has 1 aromatic carbocycles. The van der Waals surface area contributed by atoms with Gasteiger partial charge in [-0.25, -0.2) is 0 Å². The second kappa shape index (κ2) is 3.07. The Bertz CT molecular complexity index is 344. The molecule has 0 heterocycles. The van der Waals surface area contributed by atoms with Gasteiger partial charge in [-0.05, 0) is 38.6 Å². The average Bonchev–Trinajstić information content (AvgIpc) is 2.39. The number of aliphatic hydroxyl groups is 1. The Hall–Kier alpha value is -0.860. The fourth-order valence-electron chi connectivity index (χ4n) is 2.46. The highest BCUT2D eigenvalue weighted by molar-refractivity contribution is 5.39. The molecule has 2 rings (SSSR count). The maximum atomic E-state index is 10.4. The van der Waals surface area contributed by atoms with Crippen molar-refractivity contribution in [1.82, 2.24) is 4.90 Å². The van der Waals surface area contributed by atoms with E-state index in [2.05, 4.69) is 11.0 Å². The van der Waals surface area contributed by atoms with Crippen molar-refractivity contribution in [2.75, 3.05) is 14.1 Å². The summed E-state index contributed by atoms with van der Waals surface area (Å²) < 4.78 is 0. The van der Waals surface area contributed by atoms with Crippen LogP contribution in [-0.4, -0.2) is 30.1 Å². The van der Waals surface area contributed by atoms with Crippen LogP contribution in [0.3, 0.4) is 0 Å². The molecule has 2 atom stereocenters. The average molecular weight is 191 g/mol. The van der Waals surface area contributed by atoms with Crippen LogP contribution < -0.4 is 0 Å². The lowest BCUT2D eigenvalue weighted by Crippen LogP contribution is -2.42. The molecule has 0 aromatic heterocycles. The van der Waals surface area contributed by atoms with Gasteiger partial charge in [0.25, 0.3) is 0 Å². The van der Waals surface area contributed by atoms with Crippen molar-refractivity contribution in [2.45, 2.75) is 25.0 Å². The SMILES string of the molecule is CN(C)C1Cc2ccccc2C1(C)O. The molecule has 0 amide bonds. The summed E-state index contributed by atoms with van der Waals surface area (Å²) in [5, 5.41) is 10.4. The number of benzene rings is 1. The van der Waals surface area contributed by atoms with E-state index in [9.17, 15) is 5.11 Å². The second-order valence-corrected chi connectivity index (χ2v) is 4.49. The van der Waals surface area contributed by atoms with Crippen LogP contribution in [0.2, 0.25) is 0 Å². The molecule has 2 heteroatoms. The van der Waals surface area contributed by atoms with E-state index in [0.29, 0.717) is 0 Å². The van der Waals surface area contributed by atoms with Gasteiger partial charge in [-0.1, -0.05) is 24.3 Å². The highest BCUT2D eigenvalue weighted by Gasteiger charge is 2.42. The van der Waals surface area contributed by atoms with Gasteiger partial charge >= 0.3 is 0 Å². The summed E-state index contributed by atoms with van der Waals surface area (Å²) >= 11 is 0. The number of nitrogens with zero attached hydrogens (tertiary/aromatic N) is 1. The van der Waals surface area contributed by atoms with E-state index in [-0.39, 0.29) is 6.04 Å². The van der Waals surface area contributed by atoms with E-state index >= 15 is 0 Å². The van der Waals surface area contributed by atoms with E-state index in [0.717, 1.165) is 12.0 Å². The smallest absolute Gasteiger partial charge is 0.103 e. The Labute approximate surface area is 85.2 Å². The molecule has 0 saturated heterocycles. The van der Waals surface area contributed by atoms with E-state index in [4.69, 9.17) is 0 Å². The van der Waals surface area contributed by atoms with Crippen molar-refractivity contribution in [3.8, 4) is 0 Å². The Morgan fingerprint density at radius 2 is 2.00 bits per heavy atom. The number of fused-ring (bicyclic) bond motifs is 1. The van der Waals surface area contributed by atoms with Crippen LogP contribution in [-0.2, 0) is 12.0 Å². The first-order valence-electron chi connectivity index (χ1n) is 5.00. The van der Waals surface area contributed by atoms with Crippen LogP contribution in [0.15, 0.2) is 24.3 Å². The molecule has 76 valence electrons. The molecule has 2 nitrogen and oxygen atoms in total. The molecule has 0 fully saturated rings. The van der Waals surface area contributed by atoms with Gasteiger partial charge < -0.3 is 10.0 Å². The van der Waals surface area contributed by atoms with Crippen molar-refractivity contribution in [2.24, 2.45) is 0 Å². The molecule has 0 bridgehead atoms. The molecule has 0 aliphatic heterocycles. The highest BCUT2D eigenvalue weighted by Crippen LogP contribution is 2.38. The van der Waals surface area contributed by atoms with Gasteiger partial charge in [-0.3, -0.25) is 0 Å². The molecule has 2 unspecified atom stereocenters. The third-order valence-electron chi connectivity index (χ3n) is 3.25. The van der Waals surface area contributed by atoms with Crippen molar-refractivity contribution in [3.63, 3.8) is 0 Å². The highest BCUT2D eigenvalue weighted by atomic mass is 16.3. The minimum atomic E-state index is -0.708. The van der Waals surface area contributed by atoms with Crippen molar-refractivity contribution in [3.05, 3.63) is 35.4 Å². The first-order chi connectivity index (χ1) is 6.53. The van der Waals surface area contributed by atoms with Gasteiger partial charge in [0.2, 0.25) is 0 Å². The number of likely N-dealkylation sites (N-methyl/N-ethyl adjacent to an activating group) is 1. The minimum Gasteiger partial charge on any atom is -0.384 e. The summed E-state index contributed by atoms with van der Waals surface area (Å²) in [5.41, 5.74) is 1.65. The van der Waals surface area contributed by atoms with E-state index in [1.807, 2.05) is 39.2 Å². The molecular formula is C12H17NO. The Kier molecular flexibility index (Phi) is 2.13. The maximum Gasteiger partial charge on any atom is 0.103 e. The van der Waals surface area contributed by atoms with Crippen LogP contribution in [0, 0.1) is 0 Å². The molecule has 1 aromatic rings. The van der Waals surface area contributed by atoms with Gasteiger partial charge in [-0.2, -0.15) is 0 Å². The van der Waals surface area contributed by atoms with Gasteiger partial charge in [0, 0.05) is 6.04 Å². The predicted molar refractivity (Wildman–Crippen MR) is 57.2 cm³/mol. The van der Waals surface area contributed by atoms with Crippen LogP contribution in [0.1, 0.15) is 18.1 Å². The van der Waals surface area contributed by atoms with Crippen LogP contribution >= 0.6 is 0 Å². The van der Waals surface area contributed by atoms with E-state index in [1.165, 1.54) is 5.56 Å². The fraction of sp³-hybridized carbons (Fsp3) is 0.500. The number of hydrogen-bond acceptors (Lipinski definition) is 2. The molecule has 0 radical (unpaired) electrons. The number of rotatable bonds is 1. The topological polar surface area (TPSA) is 23.5 Å². The van der Waals surface area contributed by atoms with Gasteiger partial charge in [0.15, 0.2) is 0 Å². The molecule has 1 aliphatic rings. The molecule has 1 aliphatic carbocycles. The first-order valence-corrected chi connectivity index (χ1v) is 5.00. The zero-order chi connectivity index (χ0) is 10.3.